The molecule has 0 saturated heterocycles. The van der Waals surface area contributed by atoms with Crippen LogP contribution in [0.25, 0.3) is 22.0 Å². The largest absolute Gasteiger partial charge is 0.497 e. The van der Waals surface area contributed by atoms with Crippen molar-refractivity contribution in [3.63, 3.8) is 0 Å². The summed E-state index contributed by atoms with van der Waals surface area (Å²) < 4.78 is 7.59. The summed E-state index contributed by atoms with van der Waals surface area (Å²) >= 11 is 1.74. The minimum absolute atomic E-state index is 0.870. The molecule has 0 unspecified atom stereocenters. The number of hydrogen-bond donors (Lipinski definition) is 0. The molecule has 0 fully saturated rings. The second-order valence-electron chi connectivity index (χ2n) is 6.37. The molecule has 0 spiro atoms. The Bertz CT molecular complexity index is 1150. The second-order valence-corrected chi connectivity index (χ2v) is 7.55. The van der Waals surface area contributed by atoms with E-state index in [9.17, 15) is 0 Å². The summed E-state index contributed by atoms with van der Waals surface area (Å²) in [4.78, 5) is 7.33. The van der Waals surface area contributed by atoms with Crippen LogP contribution in [-0.4, -0.2) is 11.7 Å². The Morgan fingerprint density at radius 2 is 1.70 bits per heavy atom. The third-order valence-corrected chi connectivity index (χ3v) is 5.73. The van der Waals surface area contributed by atoms with Crippen molar-refractivity contribution in [3.8, 4) is 17.0 Å². The van der Waals surface area contributed by atoms with E-state index in [1.54, 1.807) is 18.4 Å². The molecule has 1 aromatic heterocycles. The van der Waals surface area contributed by atoms with Crippen molar-refractivity contribution in [3.05, 3.63) is 76.4 Å². The lowest BCUT2D eigenvalue weighted by Gasteiger charge is -2.09. The first-order valence-corrected chi connectivity index (χ1v) is 9.90. The van der Waals surface area contributed by atoms with Gasteiger partial charge in [0.2, 0.25) is 0 Å². The van der Waals surface area contributed by atoms with Crippen LogP contribution in [-0.2, 0) is 6.54 Å². The Morgan fingerprint density at radius 3 is 2.44 bits per heavy atom. The first-order chi connectivity index (χ1) is 13.2. The topological polar surface area (TPSA) is 26.5 Å². The van der Waals surface area contributed by atoms with Crippen molar-refractivity contribution in [2.24, 2.45) is 4.99 Å². The highest BCUT2D eigenvalue weighted by Crippen LogP contribution is 2.29. The molecule has 4 rings (SSSR count). The van der Waals surface area contributed by atoms with E-state index in [4.69, 9.17) is 9.73 Å². The van der Waals surface area contributed by atoms with E-state index < -0.39 is 0 Å². The Morgan fingerprint density at radius 1 is 0.963 bits per heavy atom. The molecule has 1 heterocycles. The first-order valence-electron chi connectivity index (χ1n) is 9.08. The van der Waals surface area contributed by atoms with Gasteiger partial charge in [-0.25, -0.2) is 4.99 Å². The number of ether oxygens (including phenoxy) is 1. The van der Waals surface area contributed by atoms with E-state index in [1.807, 2.05) is 12.1 Å². The smallest absolute Gasteiger partial charge is 0.190 e. The molecular formula is C23H22N2OS. The number of benzene rings is 3. The van der Waals surface area contributed by atoms with Crippen LogP contribution < -0.4 is 9.54 Å². The third kappa shape index (κ3) is 3.28. The molecule has 0 aliphatic rings. The van der Waals surface area contributed by atoms with Gasteiger partial charge in [0.1, 0.15) is 5.75 Å². The van der Waals surface area contributed by atoms with Gasteiger partial charge in [0, 0.05) is 16.8 Å². The Kier molecular flexibility index (Phi) is 4.82. The molecule has 0 radical (unpaired) electrons. The van der Waals surface area contributed by atoms with E-state index in [0.717, 1.165) is 22.8 Å². The zero-order valence-corrected chi connectivity index (χ0v) is 16.6. The van der Waals surface area contributed by atoms with Crippen molar-refractivity contribution in [2.75, 3.05) is 7.11 Å². The van der Waals surface area contributed by atoms with Gasteiger partial charge in [-0.05, 0) is 55.1 Å². The quantitative estimate of drug-likeness (QED) is 0.434. The number of fused-ring (bicyclic) bond motifs is 1. The van der Waals surface area contributed by atoms with Crippen molar-refractivity contribution < 1.29 is 4.74 Å². The van der Waals surface area contributed by atoms with Crippen molar-refractivity contribution in [1.82, 2.24) is 4.57 Å². The average molecular weight is 375 g/mol. The maximum absolute atomic E-state index is 5.29. The van der Waals surface area contributed by atoms with Crippen molar-refractivity contribution in [1.29, 1.82) is 0 Å². The van der Waals surface area contributed by atoms with Crippen LogP contribution in [0.2, 0.25) is 0 Å². The lowest BCUT2D eigenvalue weighted by molar-refractivity contribution is 0.415. The molecule has 136 valence electrons. The highest BCUT2D eigenvalue weighted by molar-refractivity contribution is 7.09. The third-order valence-electron chi connectivity index (χ3n) is 4.74. The van der Waals surface area contributed by atoms with Crippen LogP contribution in [0.4, 0.5) is 5.69 Å². The van der Waals surface area contributed by atoms with Crippen LogP contribution >= 0.6 is 11.3 Å². The van der Waals surface area contributed by atoms with Gasteiger partial charge >= 0.3 is 0 Å². The van der Waals surface area contributed by atoms with E-state index in [2.05, 4.69) is 73.0 Å². The molecule has 3 nitrogen and oxygen atoms in total. The van der Waals surface area contributed by atoms with Crippen LogP contribution in [0.1, 0.15) is 11.8 Å². The lowest BCUT2D eigenvalue weighted by atomic mass is 10.1. The summed E-state index contributed by atoms with van der Waals surface area (Å²) in [6.45, 7) is 5.20. The minimum Gasteiger partial charge on any atom is -0.497 e. The predicted molar refractivity (Wildman–Crippen MR) is 114 cm³/mol. The molecule has 0 aliphatic heterocycles. The molecule has 4 heteroatoms. The fourth-order valence-electron chi connectivity index (χ4n) is 3.42. The van der Waals surface area contributed by atoms with E-state index in [-0.39, 0.29) is 0 Å². The van der Waals surface area contributed by atoms with Crippen molar-refractivity contribution in [2.45, 2.75) is 20.4 Å². The molecule has 27 heavy (non-hydrogen) atoms. The Labute approximate surface area is 163 Å². The van der Waals surface area contributed by atoms with Crippen LogP contribution in [0.5, 0.6) is 5.75 Å². The fourth-order valence-corrected chi connectivity index (χ4v) is 4.49. The summed E-state index contributed by atoms with van der Waals surface area (Å²) in [5.74, 6) is 0.871. The van der Waals surface area contributed by atoms with Crippen molar-refractivity contribution >= 4 is 27.8 Å². The van der Waals surface area contributed by atoms with Gasteiger partial charge in [-0.3, -0.25) is 0 Å². The van der Waals surface area contributed by atoms with Gasteiger partial charge in [-0.15, -0.1) is 11.3 Å². The Balaban J connectivity index is 1.90. The van der Waals surface area contributed by atoms with Gasteiger partial charge < -0.3 is 9.30 Å². The van der Waals surface area contributed by atoms with Gasteiger partial charge in [-0.2, -0.15) is 0 Å². The molecule has 3 aromatic carbocycles. The molecule has 0 amide bonds. The summed E-state index contributed by atoms with van der Waals surface area (Å²) in [5, 5.41) is 2.39. The lowest BCUT2D eigenvalue weighted by Crippen LogP contribution is -2.14. The summed E-state index contributed by atoms with van der Waals surface area (Å²) in [6, 6.07) is 22.9. The van der Waals surface area contributed by atoms with E-state index in [0.29, 0.717) is 0 Å². The summed E-state index contributed by atoms with van der Waals surface area (Å²) in [7, 11) is 1.69. The summed E-state index contributed by atoms with van der Waals surface area (Å²) in [5.41, 5.74) is 3.42. The van der Waals surface area contributed by atoms with Gasteiger partial charge in [0.15, 0.2) is 4.80 Å². The first kappa shape index (κ1) is 17.6. The molecule has 0 N–H and O–H groups in total. The normalized spacial score (nSPS) is 11.9. The minimum atomic E-state index is 0.870. The highest BCUT2D eigenvalue weighted by Gasteiger charge is 2.12. The van der Waals surface area contributed by atoms with Gasteiger partial charge in [0.05, 0.1) is 18.5 Å². The molecule has 0 aliphatic carbocycles. The number of methoxy groups -OCH3 is 1. The molecular weight excluding hydrogens is 352 g/mol. The SMILES string of the molecule is CCn1c(-c2ccc(OC)cc2)c(C)sc1=Nc1cccc2ccccc12. The standard InChI is InChI=1S/C23H22N2OS/c1-4-25-22(18-12-14-19(26-3)15-13-18)16(2)27-23(25)24-21-11-7-9-17-8-5-6-10-20(17)21/h5-15H,4H2,1-3H3. The number of aryl methyl sites for hydroxylation is 1. The highest BCUT2D eigenvalue weighted by atomic mass is 32.1. The maximum atomic E-state index is 5.29. The summed E-state index contributed by atoms with van der Waals surface area (Å²) in [6.07, 6.45) is 0. The number of nitrogens with zero attached hydrogens (tertiary/aromatic N) is 2. The zero-order valence-electron chi connectivity index (χ0n) is 15.8. The molecule has 0 saturated carbocycles. The number of hydrogen-bond acceptors (Lipinski definition) is 3. The van der Waals surface area contributed by atoms with E-state index in [1.165, 1.54) is 26.9 Å². The maximum Gasteiger partial charge on any atom is 0.190 e. The van der Waals surface area contributed by atoms with Gasteiger partial charge in [-0.1, -0.05) is 36.4 Å². The van der Waals surface area contributed by atoms with Crippen LogP contribution in [0, 0.1) is 6.92 Å². The number of thiazole rings is 1. The number of aromatic nitrogens is 1. The van der Waals surface area contributed by atoms with Gasteiger partial charge in [0.25, 0.3) is 0 Å². The molecule has 0 atom stereocenters. The monoisotopic (exact) mass is 374 g/mol. The number of rotatable bonds is 4. The van der Waals surface area contributed by atoms with Crippen LogP contribution in [0.3, 0.4) is 0 Å². The molecule has 4 aromatic rings. The average Bonchev–Trinajstić information content (AvgIpc) is 3.03. The fraction of sp³-hybridized carbons (Fsp3) is 0.174. The van der Waals surface area contributed by atoms with E-state index >= 15 is 0 Å². The second kappa shape index (κ2) is 7.41. The Hall–Kier alpha value is -2.85. The zero-order chi connectivity index (χ0) is 18.8. The van der Waals surface area contributed by atoms with Crippen LogP contribution in [0.15, 0.2) is 71.7 Å². The predicted octanol–water partition coefficient (Wildman–Crippen LogP) is 5.94. The molecule has 0 bridgehead atoms.